The Morgan fingerprint density at radius 3 is 2.92 bits per heavy atom. The molecule has 0 saturated heterocycles. The summed E-state index contributed by atoms with van der Waals surface area (Å²) in [5.74, 6) is 0. The third-order valence-electron chi connectivity index (χ3n) is 2.47. The van der Waals surface area contributed by atoms with Crippen LogP contribution in [0.1, 0.15) is 24.1 Å². The number of rotatable bonds is 2. The maximum absolute atomic E-state index is 8.96. The van der Waals surface area contributed by atoms with E-state index in [1.807, 2.05) is 12.1 Å². The van der Waals surface area contributed by atoms with E-state index in [0.717, 1.165) is 24.1 Å². The van der Waals surface area contributed by atoms with Gasteiger partial charge in [0.2, 0.25) is 0 Å². The largest absolute Gasteiger partial charge is 0.260 e. The van der Waals surface area contributed by atoms with Crippen LogP contribution in [-0.4, -0.2) is 4.98 Å². The van der Waals surface area contributed by atoms with Crippen molar-refractivity contribution in [3.05, 3.63) is 36.2 Å². The Morgan fingerprint density at radius 1 is 1.62 bits per heavy atom. The van der Waals surface area contributed by atoms with Gasteiger partial charge in [-0.3, -0.25) is 4.98 Å². The molecular weight excluding hydrogens is 160 g/mol. The van der Waals surface area contributed by atoms with Gasteiger partial charge in [-0.05, 0) is 30.5 Å². The van der Waals surface area contributed by atoms with Crippen molar-refractivity contribution >= 4 is 6.08 Å². The second-order valence-corrected chi connectivity index (χ2v) is 3.37. The molecule has 2 rings (SSSR count). The highest BCUT2D eigenvalue weighted by Gasteiger charge is 2.46. The highest BCUT2D eigenvalue weighted by atomic mass is 14.7. The van der Waals surface area contributed by atoms with Crippen LogP contribution in [0.15, 0.2) is 24.9 Å². The summed E-state index contributed by atoms with van der Waals surface area (Å²) in [5, 5.41) is 8.96. The molecule has 0 radical (unpaired) electrons. The molecule has 13 heavy (non-hydrogen) atoms. The Morgan fingerprint density at radius 2 is 2.38 bits per heavy atom. The highest BCUT2D eigenvalue weighted by molar-refractivity contribution is 5.49. The van der Waals surface area contributed by atoms with Gasteiger partial charge in [-0.1, -0.05) is 12.7 Å². The molecule has 0 bridgehead atoms. The Hall–Kier alpha value is -1.62. The number of hydrogen-bond donors (Lipinski definition) is 0. The molecule has 0 aromatic carbocycles. The normalized spacial score (nSPS) is 17.5. The zero-order valence-electron chi connectivity index (χ0n) is 7.33. The van der Waals surface area contributed by atoms with Crippen LogP contribution in [-0.2, 0) is 5.41 Å². The van der Waals surface area contributed by atoms with Gasteiger partial charge in [0.1, 0.15) is 0 Å². The van der Waals surface area contributed by atoms with Crippen LogP contribution in [0.3, 0.4) is 0 Å². The molecule has 0 aliphatic heterocycles. The van der Waals surface area contributed by atoms with Gasteiger partial charge in [0.25, 0.3) is 0 Å². The van der Waals surface area contributed by atoms with Crippen LogP contribution in [0.2, 0.25) is 0 Å². The summed E-state index contributed by atoms with van der Waals surface area (Å²) in [6.45, 7) is 3.69. The number of hydrogen-bond acceptors (Lipinski definition) is 2. The summed E-state index contributed by atoms with van der Waals surface area (Å²) in [5.41, 5.74) is 1.65. The van der Waals surface area contributed by atoms with Gasteiger partial charge in [0.15, 0.2) is 0 Å². The fourth-order valence-corrected chi connectivity index (χ4v) is 1.39. The maximum atomic E-state index is 8.96. The zero-order valence-corrected chi connectivity index (χ0v) is 7.33. The van der Waals surface area contributed by atoms with Gasteiger partial charge in [-0.25, -0.2) is 0 Å². The number of nitriles is 1. The molecule has 1 aliphatic rings. The third kappa shape index (κ3) is 1.23. The lowest BCUT2D eigenvalue weighted by atomic mass is 10.0. The monoisotopic (exact) mass is 170 g/mol. The van der Waals surface area contributed by atoms with Crippen molar-refractivity contribution in [2.45, 2.75) is 18.3 Å². The summed E-state index contributed by atoms with van der Waals surface area (Å²) in [7, 11) is 0. The SMILES string of the molecule is C=Cc1ccnc(C2(C#N)CC2)c1. The fourth-order valence-electron chi connectivity index (χ4n) is 1.39. The first-order chi connectivity index (χ1) is 6.30. The minimum atomic E-state index is -0.279. The molecule has 1 saturated carbocycles. The maximum Gasteiger partial charge on any atom is 0.0994 e. The Balaban J connectivity index is 2.42. The lowest BCUT2D eigenvalue weighted by Gasteiger charge is -2.04. The van der Waals surface area contributed by atoms with Gasteiger partial charge < -0.3 is 0 Å². The molecule has 1 aromatic rings. The van der Waals surface area contributed by atoms with E-state index in [1.54, 1.807) is 12.3 Å². The molecule has 1 heterocycles. The molecule has 1 fully saturated rings. The average Bonchev–Trinajstić information content (AvgIpc) is 2.99. The van der Waals surface area contributed by atoms with E-state index in [2.05, 4.69) is 17.6 Å². The van der Waals surface area contributed by atoms with Gasteiger partial charge in [0, 0.05) is 6.20 Å². The number of nitrogens with zero attached hydrogens (tertiary/aromatic N) is 2. The predicted molar refractivity (Wildman–Crippen MR) is 50.9 cm³/mol. The van der Waals surface area contributed by atoms with Crippen molar-refractivity contribution in [3.8, 4) is 6.07 Å². The molecule has 2 heteroatoms. The molecule has 0 atom stereocenters. The van der Waals surface area contributed by atoms with Gasteiger partial charge in [-0.15, -0.1) is 0 Å². The molecule has 0 amide bonds. The predicted octanol–water partition coefficient (Wildman–Crippen LogP) is 2.28. The molecule has 0 N–H and O–H groups in total. The van der Waals surface area contributed by atoms with Crippen LogP contribution < -0.4 is 0 Å². The zero-order chi connectivity index (χ0) is 9.31. The summed E-state index contributed by atoms with van der Waals surface area (Å²) in [4.78, 5) is 4.22. The standard InChI is InChI=1S/C11H10N2/c1-2-9-3-6-13-10(7-9)11(8-12)4-5-11/h2-3,6-7H,1,4-5H2. The highest BCUT2D eigenvalue weighted by Crippen LogP contribution is 2.46. The lowest BCUT2D eigenvalue weighted by molar-refractivity contribution is 0.854. The van der Waals surface area contributed by atoms with Crippen molar-refractivity contribution in [1.29, 1.82) is 5.26 Å². The molecule has 0 unspecified atom stereocenters. The summed E-state index contributed by atoms with van der Waals surface area (Å²) < 4.78 is 0. The van der Waals surface area contributed by atoms with E-state index in [9.17, 15) is 0 Å². The molecule has 0 spiro atoms. The van der Waals surface area contributed by atoms with Crippen LogP contribution >= 0.6 is 0 Å². The first kappa shape index (κ1) is 8.00. The van der Waals surface area contributed by atoms with Crippen molar-refractivity contribution < 1.29 is 0 Å². The summed E-state index contributed by atoms with van der Waals surface area (Å²) >= 11 is 0. The van der Waals surface area contributed by atoms with Crippen LogP contribution in [0, 0.1) is 11.3 Å². The molecule has 2 nitrogen and oxygen atoms in total. The second kappa shape index (κ2) is 2.70. The molecular formula is C11H10N2. The van der Waals surface area contributed by atoms with Crippen molar-refractivity contribution in [3.63, 3.8) is 0 Å². The van der Waals surface area contributed by atoms with Crippen LogP contribution in [0.4, 0.5) is 0 Å². The Bertz CT molecular complexity index is 383. The Labute approximate surface area is 77.5 Å². The minimum absolute atomic E-state index is 0.279. The van der Waals surface area contributed by atoms with Crippen LogP contribution in [0.5, 0.6) is 0 Å². The van der Waals surface area contributed by atoms with E-state index in [1.165, 1.54) is 0 Å². The van der Waals surface area contributed by atoms with Crippen molar-refractivity contribution in [2.75, 3.05) is 0 Å². The summed E-state index contributed by atoms with van der Waals surface area (Å²) in [6, 6.07) is 6.16. The quantitative estimate of drug-likeness (QED) is 0.682. The van der Waals surface area contributed by atoms with E-state index in [0.29, 0.717) is 0 Å². The van der Waals surface area contributed by atoms with Crippen LogP contribution in [0.25, 0.3) is 6.08 Å². The average molecular weight is 170 g/mol. The van der Waals surface area contributed by atoms with E-state index in [-0.39, 0.29) is 5.41 Å². The fraction of sp³-hybridized carbons (Fsp3) is 0.273. The smallest absolute Gasteiger partial charge is 0.0994 e. The molecule has 64 valence electrons. The number of pyridine rings is 1. The summed E-state index contributed by atoms with van der Waals surface area (Å²) in [6.07, 6.45) is 5.40. The van der Waals surface area contributed by atoms with E-state index in [4.69, 9.17) is 5.26 Å². The van der Waals surface area contributed by atoms with E-state index < -0.39 is 0 Å². The first-order valence-corrected chi connectivity index (χ1v) is 4.31. The third-order valence-corrected chi connectivity index (χ3v) is 2.47. The minimum Gasteiger partial charge on any atom is -0.260 e. The topological polar surface area (TPSA) is 36.7 Å². The first-order valence-electron chi connectivity index (χ1n) is 4.31. The van der Waals surface area contributed by atoms with Gasteiger partial charge in [-0.2, -0.15) is 5.26 Å². The second-order valence-electron chi connectivity index (χ2n) is 3.37. The van der Waals surface area contributed by atoms with Gasteiger partial charge >= 0.3 is 0 Å². The Kier molecular flexibility index (Phi) is 1.66. The lowest BCUT2D eigenvalue weighted by Crippen LogP contribution is -2.05. The van der Waals surface area contributed by atoms with E-state index >= 15 is 0 Å². The van der Waals surface area contributed by atoms with Crippen molar-refractivity contribution in [1.82, 2.24) is 4.98 Å². The molecule has 1 aromatic heterocycles. The molecule has 1 aliphatic carbocycles. The number of aromatic nitrogens is 1. The van der Waals surface area contributed by atoms with Gasteiger partial charge in [0.05, 0.1) is 17.2 Å². The van der Waals surface area contributed by atoms with Crippen molar-refractivity contribution in [2.24, 2.45) is 0 Å².